The summed E-state index contributed by atoms with van der Waals surface area (Å²) in [6, 6.07) is 10.6. The van der Waals surface area contributed by atoms with Crippen molar-refractivity contribution in [3.63, 3.8) is 0 Å². The first-order valence-corrected chi connectivity index (χ1v) is 12.0. The average molecular weight is 482 g/mol. The molecule has 1 aliphatic rings. The third-order valence-electron chi connectivity index (χ3n) is 5.32. The van der Waals surface area contributed by atoms with Gasteiger partial charge >= 0.3 is 0 Å². The first kappa shape index (κ1) is 24.2. The van der Waals surface area contributed by atoms with Crippen LogP contribution in [-0.2, 0) is 14.8 Å². The fraction of sp³-hybridized carbons (Fsp3) is 0.364. The van der Waals surface area contributed by atoms with Crippen LogP contribution in [0.3, 0.4) is 0 Å². The Hall–Kier alpha value is -2.49. The maximum atomic E-state index is 13.5. The number of nitrogens with zero attached hydrogens (tertiary/aromatic N) is 2. The summed E-state index contributed by atoms with van der Waals surface area (Å²) < 4.78 is 40.3. The summed E-state index contributed by atoms with van der Waals surface area (Å²) >= 11 is 6.09. The zero-order chi connectivity index (χ0) is 23.5. The largest absolute Gasteiger partial charge is 0.340 e. The number of nitrogens with one attached hydrogen (secondary N) is 1. The van der Waals surface area contributed by atoms with E-state index in [1.54, 1.807) is 24.3 Å². The Kier molecular flexibility index (Phi) is 7.53. The fourth-order valence-corrected chi connectivity index (χ4v) is 5.18. The van der Waals surface area contributed by atoms with Gasteiger partial charge in [0, 0.05) is 26.2 Å². The lowest BCUT2D eigenvalue weighted by Crippen LogP contribution is -2.57. The molecule has 0 aromatic heterocycles. The van der Waals surface area contributed by atoms with Crippen LogP contribution in [-0.4, -0.2) is 61.7 Å². The average Bonchev–Trinajstić information content (AvgIpc) is 2.77. The number of halogens is 2. The number of benzene rings is 2. The quantitative estimate of drug-likeness (QED) is 0.687. The second-order valence-corrected chi connectivity index (χ2v) is 10.2. The highest BCUT2D eigenvalue weighted by Crippen LogP contribution is 2.20. The zero-order valence-corrected chi connectivity index (χ0v) is 19.4. The second-order valence-electron chi connectivity index (χ2n) is 7.86. The fourth-order valence-electron chi connectivity index (χ4n) is 3.50. The van der Waals surface area contributed by atoms with Crippen LogP contribution >= 0.6 is 11.6 Å². The van der Waals surface area contributed by atoms with Gasteiger partial charge in [-0.2, -0.15) is 4.31 Å². The van der Waals surface area contributed by atoms with Gasteiger partial charge in [0.1, 0.15) is 11.9 Å². The predicted molar refractivity (Wildman–Crippen MR) is 119 cm³/mol. The van der Waals surface area contributed by atoms with Crippen LogP contribution in [0.4, 0.5) is 4.39 Å². The highest BCUT2D eigenvalue weighted by molar-refractivity contribution is 7.89. The van der Waals surface area contributed by atoms with Gasteiger partial charge in [-0.05, 0) is 36.2 Å². The van der Waals surface area contributed by atoms with Gasteiger partial charge in [-0.1, -0.05) is 43.6 Å². The van der Waals surface area contributed by atoms with E-state index in [-0.39, 0.29) is 53.5 Å². The predicted octanol–water partition coefficient (Wildman–Crippen LogP) is 2.77. The molecule has 1 atom stereocenters. The summed E-state index contributed by atoms with van der Waals surface area (Å²) in [5.74, 6) is -1.56. The van der Waals surface area contributed by atoms with Crippen molar-refractivity contribution >= 4 is 33.4 Å². The molecule has 1 heterocycles. The van der Waals surface area contributed by atoms with E-state index in [0.717, 1.165) is 6.07 Å². The first-order chi connectivity index (χ1) is 15.1. The number of hydrogen-bond donors (Lipinski definition) is 1. The molecule has 2 amide bonds. The van der Waals surface area contributed by atoms with Gasteiger partial charge in [-0.25, -0.2) is 12.8 Å². The molecule has 1 saturated heterocycles. The smallest absolute Gasteiger partial charge is 0.253 e. The molecule has 0 bridgehead atoms. The number of sulfonamides is 1. The van der Waals surface area contributed by atoms with E-state index in [1.165, 1.54) is 27.4 Å². The molecule has 1 fully saturated rings. The standard InChI is InChI=1S/C22H25ClFN3O4S/c1-15(2)20(25-21(28)18-8-3-4-9-19(18)23)22(29)26-10-12-27(13-11-26)32(30,31)17-7-5-6-16(24)14-17/h3-9,14-15,20H,10-13H2,1-2H3,(H,25,28). The van der Waals surface area contributed by atoms with Gasteiger partial charge in [0.2, 0.25) is 15.9 Å². The Morgan fingerprint density at radius 2 is 1.69 bits per heavy atom. The van der Waals surface area contributed by atoms with E-state index >= 15 is 0 Å². The van der Waals surface area contributed by atoms with Crippen molar-refractivity contribution in [1.29, 1.82) is 0 Å². The van der Waals surface area contributed by atoms with E-state index in [9.17, 15) is 22.4 Å². The Morgan fingerprint density at radius 1 is 1.03 bits per heavy atom. The molecule has 0 aliphatic carbocycles. The lowest BCUT2D eigenvalue weighted by molar-refractivity contribution is -0.135. The SMILES string of the molecule is CC(C)C(NC(=O)c1ccccc1Cl)C(=O)N1CCN(S(=O)(=O)c2cccc(F)c2)CC1. The van der Waals surface area contributed by atoms with Crippen LogP contribution in [0.1, 0.15) is 24.2 Å². The van der Waals surface area contributed by atoms with Crippen molar-refractivity contribution in [3.05, 3.63) is 64.9 Å². The third kappa shape index (κ3) is 5.28. The lowest BCUT2D eigenvalue weighted by Gasteiger charge is -2.36. The topological polar surface area (TPSA) is 86.8 Å². The number of hydrogen-bond acceptors (Lipinski definition) is 4. The van der Waals surface area contributed by atoms with Gasteiger partial charge in [0.05, 0.1) is 15.5 Å². The van der Waals surface area contributed by atoms with E-state index in [2.05, 4.69) is 5.32 Å². The Labute approximate surface area is 192 Å². The summed E-state index contributed by atoms with van der Waals surface area (Å²) in [5, 5.41) is 3.04. The summed E-state index contributed by atoms with van der Waals surface area (Å²) in [6.45, 7) is 4.12. The molecule has 7 nitrogen and oxygen atoms in total. The van der Waals surface area contributed by atoms with Gasteiger partial charge in [0.25, 0.3) is 5.91 Å². The Morgan fingerprint density at radius 3 is 2.28 bits per heavy atom. The molecule has 2 aromatic carbocycles. The molecule has 10 heteroatoms. The summed E-state index contributed by atoms with van der Waals surface area (Å²) in [4.78, 5) is 27.2. The number of piperazine rings is 1. The molecule has 32 heavy (non-hydrogen) atoms. The van der Waals surface area contributed by atoms with Crippen molar-refractivity contribution in [2.24, 2.45) is 5.92 Å². The molecular weight excluding hydrogens is 457 g/mol. The number of carbonyl (C=O) groups excluding carboxylic acids is 2. The summed E-state index contributed by atoms with van der Waals surface area (Å²) in [7, 11) is -3.86. The van der Waals surface area contributed by atoms with Crippen molar-refractivity contribution < 1.29 is 22.4 Å². The Bertz CT molecular complexity index is 1100. The number of carbonyl (C=O) groups is 2. The maximum Gasteiger partial charge on any atom is 0.253 e. The normalized spacial score (nSPS) is 16.1. The second kappa shape index (κ2) is 9.97. The van der Waals surface area contributed by atoms with Crippen LogP contribution in [0.15, 0.2) is 53.4 Å². The highest BCUT2D eigenvalue weighted by atomic mass is 35.5. The molecule has 1 aliphatic heterocycles. The molecule has 0 spiro atoms. The molecule has 1 N–H and O–H groups in total. The molecule has 0 saturated carbocycles. The number of rotatable bonds is 6. The van der Waals surface area contributed by atoms with Crippen molar-refractivity contribution in [1.82, 2.24) is 14.5 Å². The molecule has 172 valence electrons. The lowest BCUT2D eigenvalue weighted by atomic mass is 10.0. The third-order valence-corrected chi connectivity index (χ3v) is 7.55. The van der Waals surface area contributed by atoms with E-state index in [1.807, 2.05) is 13.8 Å². The van der Waals surface area contributed by atoms with Crippen molar-refractivity contribution in [3.8, 4) is 0 Å². The van der Waals surface area contributed by atoms with Crippen LogP contribution in [0.5, 0.6) is 0 Å². The van der Waals surface area contributed by atoms with Crippen LogP contribution in [0.25, 0.3) is 0 Å². The summed E-state index contributed by atoms with van der Waals surface area (Å²) in [6.07, 6.45) is 0. The minimum absolute atomic E-state index is 0.0772. The van der Waals surface area contributed by atoms with E-state index < -0.39 is 27.8 Å². The van der Waals surface area contributed by atoms with Gasteiger partial charge in [-0.3, -0.25) is 9.59 Å². The van der Waals surface area contributed by atoms with E-state index in [0.29, 0.717) is 0 Å². The molecule has 1 unspecified atom stereocenters. The zero-order valence-electron chi connectivity index (χ0n) is 17.8. The Balaban J connectivity index is 1.67. The molecule has 3 rings (SSSR count). The van der Waals surface area contributed by atoms with Gasteiger partial charge in [0.15, 0.2) is 0 Å². The number of amides is 2. The summed E-state index contributed by atoms with van der Waals surface area (Å²) in [5.41, 5.74) is 0.277. The molecular formula is C22H25ClFN3O4S. The van der Waals surface area contributed by atoms with E-state index in [4.69, 9.17) is 11.6 Å². The van der Waals surface area contributed by atoms with Gasteiger partial charge in [-0.15, -0.1) is 0 Å². The van der Waals surface area contributed by atoms with Crippen LogP contribution in [0, 0.1) is 11.7 Å². The van der Waals surface area contributed by atoms with Crippen LogP contribution < -0.4 is 5.32 Å². The minimum atomic E-state index is -3.86. The van der Waals surface area contributed by atoms with Crippen LogP contribution in [0.2, 0.25) is 5.02 Å². The monoisotopic (exact) mass is 481 g/mol. The van der Waals surface area contributed by atoms with Crippen molar-refractivity contribution in [2.75, 3.05) is 26.2 Å². The minimum Gasteiger partial charge on any atom is -0.340 e. The van der Waals surface area contributed by atoms with Gasteiger partial charge < -0.3 is 10.2 Å². The maximum absolute atomic E-state index is 13.5. The first-order valence-electron chi connectivity index (χ1n) is 10.2. The molecule has 0 radical (unpaired) electrons. The molecule has 2 aromatic rings. The van der Waals surface area contributed by atoms with Crippen molar-refractivity contribution in [2.45, 2.75) is 24.8 Å². The highest BCUT2D eigenvalue weighted by Gasteiger charge is 2.34.